The van der Waals surface area contributed by atoms with Gasteiger partial charge in [0, 0.05) is 11.3 Å². The van der Waals surface area contributed by atoms with Gasteiger partial charge in [-0.25, -0.2) is 0 Å². The molecule has 0 unspecified atom stereocenters. The molecule has 0 saturated carbocycles. The number of nitrogens with two attached hydrogens (primary N) is 1. The molecule has 0 aliphatic heterocycles. The third kappa shape index (κ3) is 2.81. The van der Waals surface area contributed by atoms with Crippen LogP contribution in [0.5, 0.6) is 0 Å². The van der Waals surface area contributed by atoms with E-state index in [-0.39, 0.29) is 5.41 Å². The molecule has 0 aliphatic rings. The Morgan fingerprint density at radius 2 is 1.63 bits per heavy atom. The lowest BCUT2D eigenvalue weighted by Crippen LogP contribution is -2.14. The van der Waals surface area contributed by atoms with Crippen molar-refractivity contribution in [2.75, 3.05) is 5.73 Å². The zero-order valence-corrected chi connectivity index (χ0v) is 12.3. The molecule has 0 aliphatic carbocycles. The van der Waals surface area contributed by atoms with Crippen LogP contribution < -0.4 is 5.73 Å². The molecule has 0 radical (unpaired) electrons. The maximum atomic E-state index is 6.10. The summed E-state index contributed by atoms with van der Waals surface area (Å²) < 4.78 is 0. The number of hydrogen-bond acceptors (Lipinski definition) is 1. The quantitative estimate of drug-likeness (QED) is 0.771. The molecule has 2 rings (SSSR count). The maximum Gasteiger partial charge on any atom is 0.0396 e. The van der Waals surface area contributed by atoms with Crippen molar-refractivity contribution in [3.63, 3.8) is 0 Å². The van der Waals surface area contributed by atoms with Gasteiger partial charge in [0.05, 0.1) is 0 Å². The van der Waals surface area contributed by atoms with Crippen molar-refractivity contribution in [2.24, 2.45) is 0 Å². The molecular weight excluding hydrogens is 230 g/mol. The second-order valence-electron chi connectivity index (χ2n) is 5.91. The first-order valence-electron chi connectivity index (χ1n) is 6.91. The lowest BCUT2D eigenvalue weighted by atomic mass is 9.82. The highest BCUT2D eigenvalue weighted by Crippen LogP contribution is 2.31. The first-order valence-corrected chi connectivity index (χ1v) is 6.91. The lowest BCUT2D eigenvalue weighted by Gasteiger charge is -2.23. The van der Waals surface area contributed by atoms with Crippen molar-refractivity contribution in [1.29, 1.82) is 0 Å². The summed E-state index contributed by atoms with van der Waals surface area (Å²) in [6, 6.07) is 15.0. The maximum absolute atomic E-state index is 6.10. The van der Waals surface area contributed by atoms with Gasteiger partial charge < -0.3 is 5.73 Å². The fourth-order valence-corrected chi connectivity index (χ4v) is 2.25. The largest absolute Gasteiger partial charge is 0.398 e. The summed E-state index contributed by atoms with van der Waals surface area (Å²) in [5, 5.41) is 0. The van der Waals surface area contributed by atoms with Crippen molar-refractivity contribution in [3.05, 3.63) is 53.6 Å². The van der Waals surface area contributed by atoms with Crippen LogP contribution in [0.2, 0.25) is 0 Å². The van der Waals surface area contributed by atoms with Crippen LogP contribution in [-0.2, 0) is 5.41 Å². The van der Waals surface area contributed by atoms with Crippen LogP contribution in [0.1, 0.15) is 38.3 Å². The van der Waals surface area contributed by atoms with Gasteiger partial charge in [0.15, 0.2) is 0 Å². The summed E-state index contributed by atoms with van der Waals surface area (Å²) in [6.07, 6.45) is 1.14. The van der Waals surface area contributed by atoms with E-state index in [9.17, 15) is 0 Å². The van der Waals surface area contributed by atoms with Crippen LogP contribution in [0.3, 0.4) is 0 Å². The number of benzene rings is 2. The van der Waals surface area contributed by atoms with Gasteiger partial charge in [-0.05, 0) is 41.5 Å². The standard InChI is InChI=1S/C18H23N/c1-5-18(3,4)15-9-7-14(8-10-15)16-11-6-13(2)12-17(16)19/h6-12H,5,19H2,1-4H3. The smallest absolute Gasteiger partial charge is 0.0396 e. The molecule has 0 heterocycles. The molecule has 2 N–H and O–H groups in total. The first-order chi connectivity index (χ1) is 8.94. The van der Waals surface area contributed by atoms with Gasteiger partial charge in [0.2, 0.25) is 0 Å². The molecule has 1 nitrogen and oxygen atoms in total. The SMILES string of the molecule is CCC(C)(C)c1ccc(-c2ccc(C)cc2N)cc1. The van der Waals surface area contributed by atoms with E-state index in [0.717, 1.165) is 17.7 Å². The van der Waals surface area contributed by atoms with E-state index in [1.807, 2.05) is 6.07 Å². The molecule has 1 heteroatoms. The van der Waals surface area contributed by atoms with E-state index < -0.39 is 0 Å². The second-order valence-corrected chi connectivity index (χ2v) is 5.91. The van der Waals surface area contributed by atoms with Crippen molar-refractivity contribution >= 4 is 5.69 Å². The van der Waals surface area contributed by atoms with Gasteiger partial charge in [0.25, 0.3) is 0 Å². The summed E-state index contributed by atoms with van der Waals surface area (Å²) in [7, 11) is 0. The molecule has 0 amide bonds. The van der Waals surface area contributed by atoms with E-state index in [0.29, 0.717) is 0 Å². The fourth-order valence-electron chi connectivity index (χ4n) is 2.25. The number of hydrogen-bond donors (Lipinski definition) is 1. The Hall–Kier alpha value is -1.76. The highest BCUT2D eigenvalue weighted by Gasteiger charge is 2.17. The number of rotatable bonds is 3. The minimum Gasteiger partial charge on any atom is -0.398 e. The minimum atomic E-state index is 0.233. The van der Waals surface area contributed by atoms with Gasteiger partial charge in [0.1, 0.15) is 0 Å². The van der Waals surface area contributed by atoms with Gasteiger partial charge >= 0.3 is 0 Å². The van der Waals surface area contributed by atoms with Gasteiger partial charge in [-0.1, -0.05) is 57.2 Å². The Morgan fingerprint density at radius 3 is 2.16 bits per heavy atom. The number of nitrogen functional groups attached to an aromatic ring is 1. The topological polar surface area (TPSA) is 26.0 Å². The van der Waals surface area contributed by atoms with Crippen molar-refractivity contribution < 1.29 is 0 Å². The van der Waals surface area contributed by atoms with Crippen molar-refractivity contribution in [2.45, 2.75) is 39.5 Å². The molecule has 0 atom stereocenters. The van der Waals surface area contributed by atoms with Crippen molar-refractivity contribution in [1.82, 2.24) is 0 Å². The molecular formula is C18H23N. The summed E-state index contributed by atoms with van der Waals surface area (Å²) in [6.45, 7) is 8.85. The highest BCUT2D eigenvalue weighted by atomic mass is 14.6. The van der Waals surface area contributed by atoms with Gasteiger partial charge in [-0.15, -0.1) is 0 Å². The fraction of sp³-hybridized carbons (Fsp3) is 0.333. The Bertz CT molecular complexity index is 565. The van der Waals surface area contributed by atoms with Crippen LogP contribution in [-0.4, -0.2) is 0 Å². The molecule has 0 bridgehead atoms. The van der Waals surface area contributed by atoms with Crippen molar-refractivity contribution in [3.8, 4) is 11.1 Å². The molecule has 0 aromatic heterocycles. The Morgan fingerprint density at radius 1 is 1.00 bits per heavy atom. The average molecular weight is 253 g/mol. The minimum absolute atomic E-state index is 0.233. The van der Waals surface area contributed by atoms with E-state index in [2.05, 4.69) is 64.1 Å². The molecule has 100 valence electrons. The molecule has 0 saturated heterocycles. The van der Waals surface area contributed by atoms with E-state index in [4.69, 9.17) is 5.73 Å². The Labute approximate surface area is 116 Å². The molecule has 2 aromatic rings. The molecule has 19 heavy (non-hydrogen) atoms. The lowest BCUT2D eigenvalue weighted by molar-refractivity contribution is 0.506. The van der Waals surface area contributed by atoms with Gasteiger partial charge in [-0.3, -0.25) is 0 Å². The van der Waals surface area contributed by atoms with Crippen LogP contribution in [0.15, 0.2) is 42.5 Å². The van der Waals surface area contributed by atoms with Gasteiger partial charge in [-0.2, -0.15) is 0 Å². The highest BCUT2D eigenvalue weighted by molar-refractivity contribution is 5.76. The third-order valence-electron chi connectivity index (χ3n) is 4.07. The molecule has 0 spiro atoms. The average Bonchev–Trinajstić information content (AvgIpc) is 2.39. The molecule has 2 aromatic carbocycles. The second kappa shape index (κ2) is 5.08. The van der Waals surface area contributed by atoms with E-state index in [1.54, 1.807) is 0 Å². The molecule has 0 fully saturated rings. The van der Waals surface area contributed by atoms with Crippen LogP contribution in [0.25, 0.3) is 11.1 Å². The predicted molar refractivity (Wildman–Crippen MR) is 84.3 cm³/mol. The summed E-state index contributed by atoms with van der Waals surface area (Å²) in [4.78, 5) is 0. The zero-order valence-electron chi connectivity index (χ0n) is 12.3. The predicted octanol–water partition coefficient (Wildman–Crippen LogP) is 4.93. The summed E-state index contributed by atoms with van der Waals surface area (Å²) >= 11 is 0. The summed E-state index contributed by atoms with van der Waals surface area (Å²) in [5.74, 6) is 0. The zero-order chi connectivity index (χ0) is 14.0. The Kier molecular flexibility index (Phi) is 3.66. The van der Waals surface area contributed by atoms with E-state index in [1.165, 1.54) is 16.7 Å². The number of aryl methyl sites for hydroxylation is 1. The monoisotopic (exact) mass is 253 g/mol. The van der Waals surface area contributed by atoms with E-state index >= 15 is 0 Å². The number of anilines is 1. The normalized spacial score (nSPS) is 11.6. The Balaban J connectivity index is 2.38. The van der Waals surface area contributed by atoms with Crippen LogP contribution >= 0.6 is 0 Å². The van der Waals surface area contributed by atoms with Crippen LogP contribution in [0, 0.1) is 6.92 Å². The summed E-state index contributed by atoms with van der Waals surface area (Å²) in [5.41, 5.74) is 12.1. The van der Waals surface area contributed by atoms with Crippen LogP contribution in [0.4, 0.5) is 5.69 Å². The third-order valence-corrected chi connectivity index (χ3v) is 4.07. The first kappa shape index (κ1) is 13.7.